The van der Waals surface area contributed by atoms with Crippen molar-refractivity contribution in [3.8, 4) is 11.5 Å². The van der Waals surface area contributed by atoms with E-state index in [4.69, 9.17) is 14.2 Å². The van der Waals surface area contributed by atoms with Gasteiger partial charge < -0.3 is 18.8 Å². The van der Waals surface area contributed by atoms with Gasteiger partial charge in [0.15, 0.2) is 0 Å². The first-order chi connectivity index (χ1) is 21.3. The summed E-state index contributed by atoms with van der Waals surface area (Å²) in [5.41, 5.74) is 1.58. The minimum Gasteiger partial charge on any atom is -0.495 e. The number of carbonyl (C=O) groups is 1. The first-order valence-electron chi connectivity index (χ1n) is 17.3. The molecule has 242 valence electrons. The first-order valence-corrected chi connectivity index (χ1v) is 17.3. The Morgan fingerprint density at radius 2 is 1.45 bits per heavy atom. The predicted molar refractivity (Wildman–Crippen MR) is 181 cm³/mol. The van der Waals surface area contributed by atoms with Gasteiger partial charge in [0.05, 0.1) is 29.1 Å². The highest BCUT2D eigenvalue weighted by Crippen LogP contribution is 2.49. The Morgan fingerprint density at radius 3 is 2.05 bits per heavy atom. The van der Waals surface area contributed by atoms with Gasteiger partial charge in [0, 0.05) is 31.3 Å². The summed E-state index contributed by atoms with van der Waals surface area (Å²) in [6, 6.07) is 9.48. The van der Waals surface area contributed by atoms with E-state index in [0.29, 0.717) is 40.7 Å². The molecule has 1 unspecified atom stereocenters. The van der Waals surface area contributed by atoms with Crippen molar-refractivity contribution in [3.05, 3.63) is 46.1 Å². The molecule has 0 spiro atoms. The molecule has 6 heteroatoms. The second-order valence-corrected chi connectivity index (χ2v) is 13.4. The summed E-state index contributed by atoms with van der Waals surface area (Å²) in [5.74, 6) is 0.826. The highest BCUT2D eigenvalue weighted by Gasteiger charge is 2.39. The fourth-order valence-corrected chi connectivity index (χ4v) is 6.79. The zero-order chi connectivity index (χ0) is 31.5. The van der Waals surface area contributed by atoms with E-state index in [1.165, 1.54) is 77.0 Å². The van der Waals surface area contributed by atoms with Crippen LogP contribution in [0.4, 0.5) is 0 Å². The van der Waals surface area contributed by atoms with E-state index in [1.54, 1.807) is 7.11 Å². The molecule has 1 atom stereocenters. The zero-order valence-electron chi connectivity index (χ0n) is 28.0. The third kappa shape index (κ3) is 8.57. The van der Waals surface area contributed by atoms with Gasteiger partial charge in [-0.05, 0) is 32.4 Å². The number of hydrogen-bond donors (Lipinski definition) is 0. The smallest absolute Gasteiger partial charge is 0.306 e. The van der Waals surface area contributed by atoms with E-state index >= 15 is 0 Å². The van der Waals surface area contributed by atoms with Crippen molar-refractivity contribution < 1.29 is 19.0 Å². The molecule has 0 radical (unpaired) electrons. The average Bonchev–Trinajstić information content (AvgIpc) is 3.00. The summed E-state index contributed by atoms with van der Waals surface area (Å²) in [7, 11) is 3.51. The summed E-state index contributed by atoms with van der Waals surface area (Å²) in [6.45, 7) is 6.28. The van der Waals surface area contributed by atoms with Gasteiger partial charge >= 0.3 is 5.97 Å². The molecule has 1 aliphatic heterocycles. The Hall–Kier alpha value is -3.02. The lowest BCUT2D eigenvalue weighted by molar-refractivity contribution is -0.153. The molecular weight excluding hydrogens is 550 g/mol. The topological polar surface area (TPSA) is 66.8 Å². The molecular formula is C38H55NO5. The van der Waals surface area contributed by atoms with E-state index in [1.807, 2.05) is 55.8 Å². The van der Waals surface area contributed by atoms with Crippen LogP contribution in [-0.2, 0) is 16.6 Å². The summed E-state index contributed by atoms with van der Waals surface area (Å²) in [6.07, 6.45) is 19.7. The largest absolute Gasteiger partial charge is 0.495 e. The Labute approximate surface area is 264 Å². The van der Waals surface area contributed by atoms with E-state index in [9.17, 15) is 9.59 Å². The van der Waals surface area contributed by atoms with Crippen molar-refractivity contribution in [2.75, 3.05) is 7.11 Å². The number of pyridine rings is 1. The fraction of sp³-hybridized carbons (Fsp3) is 0.632. The lowest BCUT2D eigenvalue weighted by atomic mass is 9.89. The lowest BCUT2D eigenvalue weighted by Gasteiger charge is -2.38. The molecule has 0 bridgehead atoms. The molecule has 2 heterocycles. The highest BCUT2D eigenvalue weighted by atomic mass is 16.6. The quantitative estimate of drug-likeness (QED) is 0.0820. The Kier molecular flexibility index (Phi) is 12.6. The van der Waals surface area contributed by atoms with Crippen LogP contribution < -0.4 is 14.9 Å². The third-order valence-corrected chi connectivity index (χ3v) is 9.21. The van der Waals surface area contributed by atoms with Crippen molar-refractivity contribution in [2.24, 2.45) is 7.05 Å². The molecule has 0 fully saturated rings. The monoisotopic (exact) mass is 605 g/mol. The molecule has 0 aliphatic carbocycles. The molecule has 3 aromatic rings. The third-order valence-electron chi connectivity index (χ3n) is 9.21. The minimum atomic E-state index is -0.548. The molecule has 44 heavy (non-hydrogen) atoms. The summed E-state index contributed by atoms with van der Waals surface area (Å²) in [5, 5.41) is 1.11. The number of rotatable bonds is 18. The second-order valence-electron chi connectivity index (χ2n) is 13.4. The van der Waals surface area contributed by atoms with Crippen molar-refractivity contribution >= 4 is 27.8 Å². The number of methoxy groups -OCH3 is 1. The van der Waals surface area contributed by atoms with Gasteiger partial charge in [-0.1, -0.05) is 109 Å². The van der Waals surface area contributed by atoms with Gasteiger partial charge in [0.25, 0.3) is 0 Å². The standard InChI is InChI=1S/C38H55NO5/c1-6-7-8-9-10-11-12-13-14-15-16-17-18-19-20-25-33(40)43-32-27-38(2,3)44-31-26-30-34(37(42-5)35(31)32)36(41)28-23-21-22-24-29(28)39(30)4/h21-24,26,32H,6-20,25,27H2,1-5H3. The van der Waals surface area contributed by atoms with E-state index in [0.717, 1.165) is 30.3 Å². The molecule has 0 amide bonds. The highest BCUT2D eigenvalue weighted by molar-refractivity contribution is 5.98. The van der Waals surface area contributed by atoms with Crippen LogP contribution in [0, 0.1) is 0 Å². The van der Waals surface area contributed by atoms with Crippen molar-refractivity contribution in [3.63, 3.8) is 0 Å². The molecule has 0 saturated carbocycles. The maximum Gasteiger partial charge on any atom is 0.306 e. The van der Waals surface area contributed by atoms with E-state index < -0.39 is 11.7 Å². The number of benzene rings is 2. The summed E-state index contributed by atoms with van der Waals surface area (Å²) < 4.78 is 20.4. The maximum atomic E-state index is 13.7. The Morgan fingerprint density at radius 1 is 0.886 bits per heavy atom. The predicted octanol–water partition coefficient (Wildman–Crippen LogP) is 10.1. The van der Waals surface area contributed by atoms with Gasteiger partial charge in [0.2, 0.25) is 5.43 Å². The van der Waals surface area contributed by atoms with Crippen molar-refractivity contribution in [1.82, 2.24) is 4.57 Å². The van der Waals surface area contributed by atoms with Crippen LogP contribution >= 0.6 is 0 Å². The molecule has 4 rings (SSSR count). The molecule has 0 N–H and O–H groups in total. The number of unbranched alkanes of at least 4 members (excludes halogenated alkanes) is 14. The number of carbonyl (C=O) groups excluding carboxylic acids is 1. The number of ether oxygens (including phenoxy) is 3. The number of aromatic nitrogens is 1. The van der Waals surface area contributed by atoms with Crippen LogP contribution in [-0.4, -0.2) is 23.2 Å². The van der Waals surface area contributed by atoms with Crippen LogP contribution in [0.15, 0.2) is 35.1 Å². The summed E-state index contributed by atoms with van der Waals surface area (Å²) >= 11 is 0. The molecule has 0 saturated heterocycles. The molecule has 1 aliphatic rings. The maximum absolute atomic E-state index is 13.7. The Balaban J connectivity index is 1.29. The molecule has 6 nitrogen and oxygen atoms in total. The first kappa shape index (κ1) is 33.9. The average molecular weight is 606 g/mol. The number of aryl methyl sites for hydroxylation is 1. The second kappa shape index (κ2) is 16.3. The van der Waals surface area contributed by atoms with Gasteiger partial charge in [-0.2, -0.15) is 0 Å². The number of para-hydroxylation sites is 1. The van der Waals surface area contributed by atoms with E-state index in [-0.39, 0.29) is 11.4 Å². The normalized spacial score (nSPS) is 15.7. The van der Waals surface area contributed by atoms with Crippen molar-refractivity contribution in [1.29, 1.82) is 0 Å². The van der Waals surface area contributed by atoms with Gasteiger partial charge in [-0.15, -0.1) is 0 Å². The molecule has 1 aromatic heterocycles. The minimum absolute atomic E-state index is 0.0962. The fourth-order valence-electron chi connectivity index (χ4n) is 6.79. The van der Waals surface area contributed by atoms with Crippen LogP contribution in [0.3, 0.4) is 0 Å². The van der Waals surface area contributed by atoms with Gasteiger partial charge in [0.1, 0.15) is 23.2 Å². The van der Waals surface area contributed by atoms with Crippen LogP contribution in [0.1, 0.15) is 142 Å². The number of fused-ring (bicyclic) bond motifs is 3. The number of esters is 1. The zero-order valence-corrected chi connectivity index (χ0v) is 28.0. The summed E-state index contributed by atoms with van der Waals surface area (Å²) in [4.78, 5) is 26.7. The van der Waals surface area contributed by atoms with Gasteiger partial charge in [-0.25, -0.2) is 0 Å². The van der Waals surface area contributed by atoms with Crippen molar-refractivity contribution in [2.45, 2.75) is 142 Å². The van der Waals surface area contributed by atoms with Gasteiger partial charge in [-0.3, -0.25) is 9.59 Å². The van der Waals surface area contributed by atoms with E-state index in [2.05, 4.69) is 6.92 Å². The van der Waals surface area contributed by atoms with Crippen LogP contribution in [0.5, 0.6) is 11.5 Å². The number of nitrogens with zero attached hydrogens (tertiary/aromatic N) is 1. The SMILES string of the molecule is CCCCCCCCCCCCCCCCCC(=O)OC1CC(C)(C)Oc2cc3c(c(OC)c21)c(=O)c1ccccc1n3C. The van der Waals surface area contributed by atoms with Crippen LogP contribution in [0.25, 0.3) is 21.8 Å². The molecule has 2 aromatic carbocycles. The van der Waals surface area contributed by atoms with Crippen LogP contribution in [0.2, 0.25) is 0 Å². The Bertz CT molecular complexity index is 1440. The number of hydrogen-bond acceptors (Lipinski definition) is 5. The lowest BCUT2D eigenvalue weighted by Crippen LogP contribution is -2.36.